The molecule has 1 amide bonds. The zero-order valence-electron chi connectivity index (χ0n) is 16.4. The molecular formula is C20H20Br2N4O3S. The summed E-state index contributed by atoms with van der Waals surface area (Å²) in [6.45, 7) is 2.96. The van der Waals surface area contributed by atoms with Gasteiger partial charge in [0.05, 0.1) is 18.6 Å². The van der Waals surface area contributed by atoms with Crippen LogP contribution in [0.25, 0.3) is 0 Å². The van der Waals surface area contributed by atoms with E-state index in [4.69, 9.17) is 9.47 Å². The van der Waals surface area contributed by atoms with Crippen molar-refractivity contribution in [3.8, 4) is 11.5 Å². The second-order valence-corrected chi connectivity index (χ2v) is 8.78. The Balaban J connectivity index is 1.58. The Morgan fingerprint density at radius 3 is 2.57 bits per heavy atom. The van der Waals surface area contributed by atoms with E-state index in [1.807, 2.05) is 54.0 Å². The van der Waals surface area contributed by atoms with E-state index in [2.05, 4.69) is 47.4 Å². The number of carbonyl (C=O) groups excluding carboxylic acids is 1. The highest BCUT2D eigenvalue weighted by Gasteiger charge is 2.14. The van der Waals surface area contributed by atoms with Gasteiger partial charge in [-0.15, -0.1) is 10.2 Å². The number of nitrogens with one attached hydrogen (secondary N) is 1. The number of hydrogen-bond donors (Lipinski definition) is 1. The standard InChI is InChI=1S/C20H20Br2N4O3S/c1-3-26-18(11-29-15-7-5-14(28-2)6-8-15)24-25-20(26)30-12-19(27)23-17-10-13(21)4-9-16(17)22/h4-10H,3,11-12H2,1-2H3,(H,23,27). The number of rotatable bonds is 9. The summed E-state index contributed by atoms with van der Waals surface area (Å²) in [6.07, 6.45) is 0. The molecule has 1 heterocycles. The Labute approximate surface area is 195 Å². The lowest BCUT2D eigenvalue weighted by atomic mass is 10.3. The topological polar surface area (TPSA) is 78.3 Å². The second kappa shape index (κ2) is 10.8. The van der Waals surface area contributed by atoms with Crippen molar-refractivity contribution in [1.82, 2.24) is 14.8 Å². The van der Waals surface area contributed by atoms with Gasteiger partial charge in [0.15, 0.2) is 11.0 Å². The van der Waals surface area contributed by atoms with Crippen LogP contribution < -0.4 is 14.8 Å². The number of amides is 1. The predicted molar refractivity (Wildman–Crippen MR) is 124 cm³/mol. The number of halogens is 2. The molecule has 1 aromatic heterocycles. The molecule has 0 radical (unpaired) electrons. The second-order valence-electron chi connectivity index (χ2n) is 6.07. The van der Waals surface area contributed by atoms with Gasteiger partial charge in [-0.1, -0.05) is 27.7 Å². The van der Waals surface area contributed by atoms with E-state index >= 15 is 0 Å². The maximum absolute atomic E-state index is 12.4. The SMILES string of the molecule is CCn1c(COc2ccc(OC)cc2)nnc1SCC(=O)Nc1cc(Br)ccc1Br. The molecule has 0 unspecified atom stereocenters. The quantitative estimate of drug-likeness (QED) is 0.368. The predicted octanol–water partition coefficient (Wildman–Crippen LogP) is 5.14. The largest absolute Gasteiger partial charge is 0.497 e. The molecule has 0 aliphatic heterocycles. The Morgan fingerprint density at radius 1 is 1.13 bits per heavy atom. The lowest BCUT2D eigenvalue weighted by molar-refractivity contribution is -0.113. The van der Waals surface area contributed by atoms with Gasteiger partial charge in [-0.05, 0) is 65.3 Å². The fraction of sp³-hybridized carbons (Fsp3) is 0.250. The van der Waals surface area contributed by atoms with Crippen LogP contribution in [-0.4, -0.2) is 33.5 Å². The smallest absolute Gasteiger partial charge is 0.234 e. The van der Waals surface area contributed by atoms with E-state index in [-0.39, 0.29) is 18.3 Å². The highest BCUT2D eigenvalue weighted by molar-refractivity contribution is 9.11. The van der Waals surface area contributed by atoms with E-state index in [9.17, 15) is 4.79 Å². The van der Waals surface area contributed by atoms with E-state index in [1.165, 1.54) is 11.8 Å². The molecule has 10 heteroatoms. The van der Waals surface area contributed by atoms with Gasteiger partial charge in [-0.2, -0.15) is 0 Å². The zero-order valence-corrected chi connectivity index (χ0v) is 20.4. The molecule has 3 rings (SSSR count). The van der Waals surface area contributed by atoms with Crippen LogP contribution in [0.15, 0.2) is 56.6 Å². The molecule has 158 valence electrons. The van der Waals surface area contributed by atoms with E-state index in [1.54, 1.807) is 7.11 Å². The minimum Gasteiger partial charge on any atom is -0.497 e. The first-order valence-electron chi connectivity index (χ1n) is 9.06. The summed E-state index contributed by atoms with van der Waals surface area (Å²) >= 11 is 8.18. The van der Waals surface area contributed by atoms with Gasteiger partial charge in [-0.3, -0.25) is 4.79 Å². The number of hydrogen-bond acceptors (Lipinski definition) is 6. The fourth-order valence-electron chi connectivity index (χ4n) is 2.58. The molecule has 0 saturated heterocycles. The van der Waals surface area contributed by atoms with Crippen molar-refractivity contribution in [2.45, 2.75) is 25.2 Å². The molecule has 0 spiro atoms. The summed E-state index contributed by atoms with van der Waals surface area (Å²) in [6, 6.07) is 13.0. The van der Waals surface area contributed by atoms with Crippen molar-refractivity contribution in [3.63, 3.8) is 0 Å². The lowest BCUT2D eigenvalue weighted by Crippen LogP contribution is -2.15. The number of ether oxygens (including phenoxy) is 2. The summed E-state index contributed by atoms with van der Waals surface area (Å²) in [4.78, 5) is 12.4. The highest BCUT2D eigenvalue weighted by atomic mass is 79.9. The van der Waals surface area contributed by atoms with Crippen LogP contribution in [0.2, 0.25) is 0 Å². The number of benzene rings is 2. The average Bonchev–Trinajstić information content (AvgIpc) is 3.15. The maximum Gasteiger partial charge on any atom is 0.234 e. The van der Waals surface area contributed by atoms with Crippen molar-refractivity contribution in [2.75, 3.05) is 18.2 Å². The van der Waals surface area contributed by atoms with Crippen molar-refractivity contribution in [3.05, 3.63) is 57.2 Å². The van der Waals surface area contributed by atoms with E-state index < -0.39 is 0 Å². The highest BCUT2D eigenvalue weighted by Crippen LogP contribution is 2.27. The van der Waals surface area contributed by atoms with Crippen LogP contribution in [-0.2, 0) is 17.9 Å². The van der Waals surface area contributed by atoms with Gasteiger partial charge in [-0.25, -0.2) is 0 Å². The molecule has 0 atom stereocenters. The van der Waals surface area contributed by atoms with Crippen LogP contribution in [0.5, 0.6) is 11.5 Å². The van der Waals surface area contributed by atoms with Gasteiger partial charge in [0.1, 0.15) is 18.1 Å². The zero-order chi connectivity index (χ0) is 21.5. The summed E-state index contributed by atoms with van der Waals surface area (Å²) in [5.74, 6) is 2.28. The number of anilines is 1. The van der Waals surface area contributed by atoms with Crippen LogP contribution in [0.1, 0.15) is 12.7 Å². The van der Waals surface area contributed by atoms with Crippen LogP contribution in [0, 0.1) is 0 Å². The molecule has 2 aromatic carbocycles. The van der Waals surface area contributed by atoms with Crippen LogP contribution in [0.4, 0.5) is 5.69 Å². The molecule has 0 aliphatic rings. The van der Waals surface area contributed by atoms with Crippen molar-refractivity contribution in [2.24, 2.45) is 0 Å². The third kappa shape index (κ3) is 5.99. The van der Waals surface area contributed by atoms with Crippen LogP contribution >= 0.6 is 43.6 Å². The first-order valence-corrected chi connectivity index (χ1v) is 11.6. The molecule has 7 nitrogen and oxygen atoms in total. The van der Waals surface area contributed by atoms with Gasteiger partial charge < -0.3 is 19.4 Å². The van der Waals surface area contributed by atoms with Crippen molar-refractivity contribution in [1.29, 1.82) is 0 Å². The molecule has 3 aromatic rings. The van der Waals surface area contributed by atoms with Gasteiger partial charge >= 0.3 is 0 Å². The third-order valence-electron chi connectivity index (χ3n) is 4.07. The lowest BCUT2D eigenvalue weighted by Gasteiger charge is -2.10. The third-order valence-corrected chi connectivity index (χ3v) is 6.22. The molecule has 0 aliphatic carbocycles. The van der Waals surface area contributed by atoms with E-state index in [0.29, 0.717) is 23.2 Å². The van der Waals surface area contributed by atoms with E-state index in [0.717, 1.165) is 20.4 Å². The Morgan fingerprint density at radius 2 is 1.87 bits per heavy atom. The number of methoxy groups -OCH3 is 1. The van der Waals surface area contributed by atoms with Gasteiger partial charge in [0.25, 0.3) is 0 Å². The normalized spacial score (nSPS) is 10.7. The Hall–Kier alpha value is -2.04. The van der Waals surface area contributed by atoms with Crippen molar-refractivity contribution >= 4 is 55.2 Å². The summed E-state index contributed by atoms with van der Waals surface area (Å²) in [5, 5.41) is 12.0. The minimum absolute atomic E-state index is 0.125. The minimum atomic E-state index is -0.125. The average molecular weight is 556 g/mol. The Kier molecular flexibility index (Phi) is 8.17. The Bertz CT molecular complexity index is 1010. The maximum atomic E-state index is 12.4. The van der Waals surface area contributed by atoms with Gasteiger partial charge in [0.2, 0.25) is 5.91 Å². The summed E-state index contributed by atoms with van der Waals surface area (Å²) < 4.78 is 14.6. The number of nitrogens with zero attached hydrogens (tertiary/aromatic N) is 3. The summed E-state index contributed by atoms with van der Waals surface area (Å²) in [7, 11) is 1.62. The molecular weight excluding hydrogens is 536 g/mol. The summed E-state index contributed by atoms with van der Waals surface area (Å²) in [5.41, 5.74) is 0.709. The van der Waals surface area contributed by atoms with Crippen molar-refractivity contribution < 1.29 is 14.3 Å². The molecule has 0 saturated carbocycles. The number of carbonyl (C=O) groups is 1. The monoisotopic (exact) mass is 554 g/mol. The number of thioether (sulfide) groups is 1. The molecule has 1 N–H and O–H groups in total. The molecule has 0 bridgehead atoms. The van der Waals surface area contributed by atoms with Crippen LogP contribution in [0.3, 0.4) is 0 Å². The first kappa shape index (κ1) is 22.6. The number of aromatic nitrogens is 3. The molecule has 0 fully saturated rings. The fourth-order valence-corrected chi connectivity index (χ4v) is 4.11. The first-order chi connectivity index (χ1) is 14.5. The molecule has 30 heavy (non-hydrogen) atoms. The van der Waals surface area contributed by atoms with Gasteiger partial charge in [0, 0.05) is 15.5 Å².